The first-order valence-electron chi connectivity index (χ1n) is 10.1. The Morgan fingerprint density at radius 3 is 2.61 bits per heavy atom. The Bertz CT molecular complexity index is 1020. The van der Waals surface area contributed by atoms with Gasteiger partial charge in [-0.3, -0.25) is 4.79 Å². The summed E-state index contributed by atoms with van der Waals surface area (Å²) in [5.74, 6) is -0.643. The average molecular weight is 469 g/mol. The Hall–Kier alpha value is -2.16. The van der Waals surface area contributed by atoms with Crippen molar-refractivity contribution in [2.24, 2.45) is 5.92 Å². The number of halogens is 2. The summed E-state index contributed by atoms with van der Waals surface area (Å²) in [6.07, 6.45) is 0.855. The van der Waals surface area contributed by atoms with E-state index in [-0.39, 0.29) is 36.2 Å². The van der Waals surface area contributed by atoms with Crippen molar-refractivity contribution in [1.82, 2.24) is 9.62 Å². The molecule has 0 unspecified atom stereocenters. The standard InChI is InChI=1S/C22H26ClFN2O4S/c1-16-6-7-19(14-20(16)23)30-13-10-25-22(27)17-8-11-26(12-9-17)31(28,29)15-18-4-2-3-5-21(18)24/h2-7,14,17H,8-13,15H2,1H3,(H,25,27). The topological polar surface area (TPSA) is 75.7 Å². The number of benzene rings is 2. The van der Waals surface area contributed by atoms with Gasteiger partial charge in [0.2, 0.25) is 15.9 Å². The van der Waals surface area contributed by atoms with Crippen LogP contribution in [0.1, 0.15) is 24.0 Å². The fourth-order valence-electron chi connectivity index (χ4n) is 3.45. The maximum atomic E-state index is 13.8. The second-order valence-electron chi connectivity index (χ2n) is 7.57. The largest absolute Gasteiger partial charge is 0.492 e. The number of carbonyl (C=O) groups is 1. The molecule has 2 aromatic carbocycles. The van der Waals surface area contributed by atoms with Gasteiger partial charge in [-0.1, -0.05) is 35.9 Å². The minimum atomic E-state index is -3.64. The molecule has 1 aliphatic heterocycles. The monoisotopic (exact) mass is 468 g/mol. The number of ether oxygens (including phenoxy) is 1. The molecule has 6 nitrogen and oxygen atoms in total. The predicted molar refractivity (Wildman–Crippen MR) is 118 cm³/mol. The minimum Gasteiger partial charge on any atom is -0.492 e. The van der Waals surface area contributed by atoms with E-state index in [2.05, 4.69) is 5.32 Å². The first-order chi connectivity index (χ1) is 14.8. The molecule has 0 saturated carbocycles. The Balaban J connectivity index is 1.42. The predicted octanol–water partition coefficient (Wildman–Crippen LogP) is 3.52. The Morgan fingerprint density at radius 1 is 1.23 bits per heavy atom. The van der Waals surface area contributed by atoms with Crippen LogP contribution < -0.4 is 10.1 Å². The summed E-state index contributed by atoms with van der Waals surface area (Å²) in [6.45, 7) is 3.04. The number of piperidine rings is 1. The van der Waals surface area contributed by atoms with Gasteiger partial charge in [0.15, 0.2) is 0 Å². The minimum absolute atomic E-state index is 0.114. The van der Waals surface area contributed by atoms with Crippen LogP contribution in [0.15, 0.2) is 42.5 Å². The van der Waals surface area contributed by atoms with Crippen molar-refractivity contribution < 1.29 is 22.3 Å². The van der Waals surface area contributed by atoms with Crippen molar-refractivity contribution in [3.63, 3.8) is 0 Å². The number of hydrogen-bond donors (Lipinski definition) is 1. The van der Waals surface area contributed by atoms with Crippen molar-refractivity contribution in [2.45, 2.75) is 25.5 Å². The summed E-state index contributed by atoms with van der Waals surface area (Å²) < 4.78 is 45.9. The van der Waals surface area contributed by atoms with E-state index >= 15 is 0 Å². The molecule has 0 bridgehead atoms. The average Bonchev–Trinajstić information content (AvgIpc) is 2.75. The molecule has 0 aromatic heterocycles. The van der Waals surface area contributed by atoms with Gasteiger partial charge in [-0.15, -0.1) is 0 Å². The van der Waals surface area contributed by atoms with Crippen LogP contribution in [0, 0.1) is 18.7 Å². The zero-order valence-corrected chi connectivity index (χ0v) is 18.9. The molecule has 0 atom stereocenters. The molecule has 0 aliphatic carbocycles. The molecule has 2 aromatic rings. The Labute approximate surface area is 187 Å². The van der Waals surface area contributed by atoms with Crippen molar-refractivity contribution in [3.05, 3.63) is 64.4 Å². The van der Waals surface area contributed by atoms with Crippen LogP contribution >= 0.6 is 11.6 Å². The lowest BCUT2D eigenvalue weighted by molar-refractivity contribution is -0.126. The van der Waals surface area contributed by atoms with E-state index in [1.807, 2.05) is 19.1 Å². The van der Waals surface area contributed by atoms with E-state index in [9.17, 15) is 17.6 Å². The number of carbonyl (C=O) groups excluding carboxylic acids is 1. The molecule has 1 heterocycles. The lowest BCUT2D eigenvalue weighted by Gasteiger charge is -2.30. The number of aryl methyl sites for hydroxylation is 1. The number of sulfonamides is 1. The third-order valence-corrected chi connectivity index (χ3v) is 7.56. The smallest absolute Gasteiger partial charge is 0.223 e. The van der Waals surface area contributed by atoms with E-state index in [0.717, 1.165) is 5.56 Å². The quantitative estimate of drug-likeness (QED) is 0.601. The molecule has 1 saturated heterocycles. The van der Waals surface area contributed by atoms with Gasteiger partial charge in [-0.05, 0) is 43.5 Å². The molecule has 9 heteroatoms. The van der Waals surface area contributed by atoms with Gasteiger partial charge in [-0.2, -0.15) is 0 Å². The third kappa shape index (κ3) is 6.41. The van der Waals surface area contributed by atoms with Gasteiger partial charge in [-0.25, -0.2) is 17.1 Å². The molecule has 1 aliphatic rings. The normalized spacial score (nSPS) is 15.6. The maximum absolute atomic E-state index is 13.8. The van der Waals surface area contributed by atoms with Crippen LogP contribution in [-0.2, 0) is 20.6 Å². The molecule has 1 fully saturated rings. The SMILES string of the molecule is Cc1ccc(OCCNC(=O)C2CCN(S(=O)(=O)Cc3ccccc3F)CC2)cc1Cl. The van der Waals surface area contributed by atoms with Crippen molar-refractivity contribution in [1.29, 1.82) is 0 Å². The van der Waals surface area contributed by atoms with Gasteiger partial charge in [0.05, 0.1) is 12.3 Å². The van der Waals surface area contributed by atoms with Crippen LogP contribution in [0.2, 0.25) is 5.02 Å². The molecule has 31 heavy (non-hydrogen) atoms. The molecular formula is C22H26ClFN2O4S. The maximum Gasteiger partial charge on any atom is 0.223 e. The lowest BCUT2D eigenvalue weighted by Crippen LogP contribution is -2.44. The zero-order chi connectivity index (χ0) is 22.4. The number of nitrogens with zero attached hydrogens (tertiary/aromatic N) is 1. The number of nitrogens with one attached hydrogen (secondary N) is 1. The van der Waals surface area contributed by atoms with E-state index in [0.29, 0.717) is 36.8 Å². The first-order valence-corrected chi connectivity index (χ1v) is 12.1. The van der Waals surface area contributed by atoms with Crippen molar-refractivity contribution >= 4 is 27.5 Å². The van der Waals surface area contributed by atoms with Crippen LogP contribution in [0.5, 0.6) is 5.75 Å². The van der Waals surface area contributed by atoms with Gasteiger partial charge in [0, 0.05) is 29.6 Å². The molecule has 1 amide bonds. The first kappa shape index (κ1) is 23.5. The van der Waals surface area contributed by atoms with Gasteiger partial charge in [0.1, 0.15) is 18.2 Å². The van der Waals surface area contributed by atoms with E-state index in [4.69, 9.17) is 16.3 Å². The third-order valence-electron chi connectivity index (χ3n) is 5.33. The highest BCUT2D eigenvalue weighted by Crippen LogP contribution is 2.23. The van der Waals surface area contributed by atoms with Crippen LogP contribution in [0.25, 0.3) is 0 Å². The summed E-state index contributed by atoms with van der Waals surface area (Å²) in [5, 5.41) is 3.46. The Kier molecular flexibility index (Phi) is 7.91. The highest BCUT2D eigenvalue weighted by molar-refractivity contribution is 7.88. The fraction of sp³-hybridized carbons (Fsp3) is 0.409. The summed E-state index contributed by atoms with van der Waals surface area (Å²) in [4.78, 5) is 12.4. The highest BCUT2D eigenvalue weighted by Gasteiger charge is 2.31. The van der Waals surface area contributed by atoms with Gasteiger partial charge >= 0.3 is 0 Å². The van der Waals surface area contributed by atoms with Gasteiger partial charge in [0.25, 0.3) is 0 Å². The fourth-order valence-corrected chi connectivity index (χ4v) is 5.20. The lowest BCUT2D eigenvalue weighted by atomic mass is 9.97. The molecule has 168 valence electrons. The van der Waals surface area contributed by atoms with E-state index < -0.39 is 15.8 Å². The van der Waals surface area contributed by atoms with Crippen LogP contribution in [0.4, 0.5) is 4.39 Å². The van der Waals surface area contributed by atoms with Crippen molar-refractivity contribution in [3.8, 4) is 5.75 Å². The number of amides is 1. The Morgan fingerprint density at radius 2 is 1.94 bits per heavy atom. The van der Waals surface area contributed by atoms with E-state index in [1.54, 1.807) is 12.1 Å². The van der Waals surface area contributed by atoms with E-state index in [1.165, 1.54) is 22.5 Å². The summed E-state index contributed by atoms with van der Waals surface area (Å²) in [6, 6.07) is 11.3. The van der Waals surface area contributed by atoms with Crippen LogP contribution in [-0.4, -0.2) is 44.9 Å². The highest BCUT2D eigenvalue weighted by atomic mass is 35.5. The second-order valence-corrected chi connectivity index (χ2v) is 9.95. The summed E-state index contributed by atoms with van der Waals surface area (Å²) >= 11 is 6.06. The molecule has 3 rings (SSSR count). The molecule has 0 radical (unpaired) electrons. The zero-order valence-electron chi connectivity index (χ0n) is 17.3. The number of hydrogen-bond acceptors (Lipinski definition) is 4. The number of rotatable bonds is 8. The molecule has 1 N–H and O–H groups in total. The molecular weight excluding hydrogens is 443 g/mol. The summed E-state index contributed by atoms with van der Waals surface area (Å²) in [5.41, 5.74) is 1.11. The molecule has 0 spiro atoms. The van der Waals surface area contributed by atoms with Crippen LogP contribution in [0.3, 0.4) is 0 Å². The van der Waals surface area contributed by atoms with Gasteiger partial charge < -0.3 is 10.1 Å². The summed E-state index contributed by atoms with van der Waals surface area (Å²) in [7, 11) is -3.64. The van der Waals surface area contributed by atoms with Crippen molar-refractivity contribution in [2.75, 3.05) is 26.2 Å². The second kappa shape index (κ2) is 10.4.